The van der Waals surface area contributed by atoms with Gasteiger partial charge in [-0.15, -0.1) is 10.2 Å². The highest BCUT2D eigenvalue weighted by Crippen LogP contribution is 2.19. The van der Waals surface area contributed by atoms with Crippen molar-refractivity contribution in [2.45, 2.75) is 19.5 Å². The predicted octanol–water partition coefficient (Wildman–Crippen LogP) is -0.624. The summed E-state index contributed by atoms with van der Waals surface area (Å²) in [7, 11) is 1.89. The fourth-order valence-corrected chi connectivity index (χ4v) is 2.95. The Bertz CT molecular complexity index is 489. The summed E-state index contributed by atoms with van der Waals surface area (Å²) < 4.78 is 7.65. The molecule has 2 aliphatic heterocycles. The van der Waals surface area contributed by atoms with Crippen molar-refractivity contribution in [1.29, 1.82) is 0 Å². The van der Waals surface area contributed by atoms with Gasteiger partial charge in [-0.05, 0) is 6.92 Å². The van der Waals surface area contributed by atoms with Crippen LogP contribution in [0.25, 0.3) is 0 Å². The first kappa shape index (κ1) is 13.5. The van der Waals surface area contributed by atoms with Gasteiger partial charge in [0.1, 0.15) is 12.2 Å². The zero-order valence-corrected chi connectivity index (χ0v) is 12.0. The molecule has 7 heteroatoms. The molecule has 1 aromatic rings. The molecular formula is C13H21N5O2. The van der Waals surface area contributed by atoms with Gasteiger partial charge in [-0.2, -0.15) is 0 Å². The molecule has 1 aromatic heterocycles. The SMILES string of the molecule is Cc1nncn1CCN1C[C@@H]2COC[C@H](C1)N(C)C2=O. The number of amides is 1. The van der Waals surface area contributed by atoms with Crippen LogP contribution in [-0.4, -0.2) is 76.4 Å². The average molecular weight is 279 g/mol. The number of ether oxygens (including phenoxy) is 1. The Kier molecular flexibility index (Phi) is 3.71. The molecule has 20 heavy (non-hydrogen) atoms. The molecular weight excluding hydrogens is 258 g/mol. The van der Waals surface area contributed by atoms with Gasteiger partial charge in [-0.3, -0.25) is 9.69 Å². The molecule has 2 aliphatic rings. The molecule has 2 bridgehead atoms. The maximum Gasteiger partial charge on any atom is 0.229 e. The molecule has 0 aromatic carbocycles. The molecule has 2 atom stereocenters. The van der Waals surface area contributed by atoms with Crippen molar-refractivity contribution >= 4 is 5.91 Å². The average Bonchev–Trinajstić information content (AvgIpc) is 2.72. The molecule has 0 spiro atoms. The Hall–Kier alpha value is -1.47. The lowest BCUT2D eigenvalue weighted by atomic mass is 10.1. The van der Waals surface area contributed by atoms with Crippen molar-refractivity contribution in [2.75, 3.05) is 39.9 Å². The second-order valence-electron chi connectivity index (χ2n) is 5.67. The summed E-state index contributed by atoms with van der Waals surface area (Å²) in [5.74, 6) is 1.11. The molecule has 0 unspecified atom stereocenters. The number of aromatic nitrogens is 3. The molecule has 0 aliphatic carbocycles. The minimum Gasteiger partial charge on any atom is -0.378 e. The van der Waals surface area contributed by atoms with Crippen LogP contribution in [0.5, 0.6) is 0 Å². The molecule has 110 valence electrons. The molecule has 3 heterocycles. The molecule has 0 radical (unpaired) electrons. The Morgan fingerprint density at radius 3 is 2.95 bits per heavy atom. The Labute approximate surface area is 118 Å². The summed E-state index contributed by atoms with van der Waals surface area (Å²) >= 11 is 0. The van der Waals surface area contributed by atoms with Crippen LogP contribution in [0.4, 0.5) is 0 Å². The standard InChI is InChI=1S/C13H21N5O2/c1-10-15-14-9-18(10)4-3-17-5-11-7-20-8-12(6-17)16(2)13(11)19/h9,11-12H,3-8H2,1-2H3/t11-,12+/m1/s1. The van der Waals surface area contributed by atoms with Gasteiger partial charge in [0.05, 0.1) is 25.2 Å². The quantitative estimate of drug-likeness (QED) is 0.737. The molecule has 0 saturated carbocycles. The smallest absolute Gasteiger partial charge is 0.229 e. The highest BCUT2D eigenvalue weighted by Gasteiger charge is 2.36. The van der Waals surface area contributed by atoms with Crippen LogP contribution >= 0.6 is 0 Å². The number of rotatable bonds is 3. The van der Waals surface area contributed by atoms with E-state index in [2.05, 4.69) is 15.1 Å². The highest BCUT2D eigenvalue weighted by atomic mass is 16.5. The van der Waals surface area contributed by atoms with E-state index in [0.717, 1.165) is 32.0 Å². The van der Waals surface area contributed by atoms with E-state index >= 15 is 0 Å². The van der Waals surface area contributed by atoms with Crippen molar-refractivity contribution in [2.24, 2.45) is 5.92 Å². The molecule has 3 rings (SSSR count). The summed E-state index contributed by atoms with van der Waals surface area (Å²) in [6.07, 6.45) is 1.76. The van der Waals surface area contributed by atoms with Gasteiger partial charge in [0.15, 0.2) is 0 Å². The summed E-state index contributed by atoms with van der Waals surface area (Å²) in [4.78, 5) is 16.5. The van der Waals surface area contributed by atoms with E-state index in [1.807, 2.05) is 23.4 Å². The monoisotopic (exact) mass is 279 g/mol. The van der Waals surface area contributed by atoms with E-state index in [1.165, 1.54) is 0 Å². The lowest BCUT2D eigenvalue weighted by Gasteiger charge is -2.29. The maximum atomic E-state index is 12.3. The van der Waals surface area contributed by atoms with Crippen LogP contribution < -0.4 is 0 Å². The zero-order valence-electron chi connectivity index (χ0n) is 12.0. The van der Waals surface area contributed by atoms with Crippen molar-refractivity contribution in [3.05, 3.63) is 12.2 Å². The number of nitrogens with zero attached hydrogens (tertiary/aromatic N) is 5. The van der Waals surface area contributed by atoms with Crippen LogP contribution in [-0.2, 0) is 16.1 Å². The van der Waals surface area contributed by atoms with Gasteiger partial charge in [0, 0.05) is 33.2 Å². The number of hydrogen-bond donors (Lipinski definition) is 0. The minimum absolute atomic E-state index is 0.0329. The van der Waals surface area contributed by atoms with E-state index in [1.54, 1.807) is 6.33 Å². The molecule has 7 nitrogen and oxygen atoms in total. The van der Waals surface area contributed by atoms with Crippen molar-refractivity contribution in [1.82, 2.24) is 24.6 Å². The molecule has 1 amide bonds. The fourth-order valence-electron chi connectivity index (χ4n) is 2.95. The first-order chi connectivity index (χ1) is 9.65. The number of carbonyl (C=O) groups is 1. The summed E-state index contributed by atoms with van der Waals surface area (Å²) in [6, 6.07) is 0.164. The Balaban J connectivity index is 1.66. The van der Waals surface area contributed by atoms with Crippen LogP contribution in [0.2, 0.25) is 0 Å². The molecule has 2 fully saturated rings. The van der Waals surface area contributed by atoms with Gasteiger partial charge in [0.2, 0.25) is 5.91 Å². The van der Waals surface area contributed by atoms with Gasteiger partial charge in [-0.25, -0.2) is 0 Å². The normalized spacial score (nSPS) is 27.7. The maximum absolute atomic E-state index is 12.3. The number of fused-ring (bicyclic) bond motifs is 3. The van der Waals surface area contributed by atoms with Crippen molar-refractivity contribution < 1.29 is 9.53 Å². The van der Waals surface area contributed by atoms with Crippen molar-refractivity contribution in [3.8, 4) is 0 Å². The second-order valence-corrected chi connectivity index (χ2v) is 5.67. The topological polar surface area (TPSA) is 63.5 Å². The lowest BCUT2D eigenvalue weighted by Crippen LogP contribution is -2.43. The number of aryl methyl sites for hydroxylation is 1. The minimum atomic E-state index is -0.0329. The van der Waals surface area contributed by atoms with Gasteiger partial charge in [-0.1, -0.05) is 0 Å². The lowest BCUT2D eigenvalue weighted by molar-refractivity contribution is -0.133. The third-order valence-corrected chi connectivity index (χ3v) is 4.29. The third-order valence-electron chi connectivity index (χ3n) is 4.29. The van der Waals surface area contributed by atoms with E-state index in [9.17, 15) is 4.79 Å². The predicted molar refractivity (Wildman–Crippen MR) is 72.1 cm³/mol. The Morgan fingerprint density at radius 2 is 2.20 bits per heavy atom. The summed E-state index contributed by atoms with van der Waals surface area (Å²) in [5.41, 5.74) is 0. The van der Waals surface area contributed by atoms with Gasteiger partial charge >= 0.3 is 0 Å². The highest BCUT2D eigenvalue weighted by molar-refractivity contribution is 5.79. The number of hydrogen-bond acceptors (Lipinski definition) is 5. The van der Waals surface area contributed by atoms with Crippen LogP contribution in [0, 0.1) is 12.8 Å². The van der Waals surface area contributed by atoms with Crippen LogP contribution in [0.1, 0.15) is 5.82 Å². The molecule has 2 saturated heterocycles. The van der Waals surface area contributed by atoms with Crippen molar-refractivity contribution in [3.63, 3.8) is 0 Å². The van der Waals surface area contributed by atoms with E-state index in [0.29, 0.717) is 13.2 Å². The summed E-state index contributed by atoms with van der Waals surface area (Å²) in [5, 5.41) is 7.89. The van der Waals surface area contributed by atoms with Crippen LogP contribution in [0.15, 0.2) is 6.33 Å². The van der Waals surface area contributed by atoms with Gasteiger partial charge in [0.25, 0.3) is 0 Å². The summed E-state index contributed by atoms with van der Waals surface area (Å²) in [6.45, 7) is 6.56. The van der Waals surface area contributed by atoms with E-state index < -0.39 is 0 Å². The number of likely N-dealkylation sites (N-methyl/N-ethyl adjacent to an activating group) is 1. The zero-order chi connectivity index (χ0) is 14.1. The van der Waals surface area contributed by atoms with Gasteiger partial charge < -0.3 is 14.2 Å². The van der Waals surface area contributed by atoms with Crippen LogP contribution in [0.3, 0.4) is 0 Å². The Morgan fingerprint density at radius 1 is 1.35 bits per heavy atom. The first-order valence-corrected chi connectivity index (χ1v) is 7.06. The largest absolute Gasteiger partial charge is 0.378 e. The van der Waals surface area contributed by atoms with E-state index in [4.69, 9.17) is 4.74 Å². The fraction of sp³-hybridized carbons (Fsp3) is 0.769. The first-order valence-electron chi connectivity index (χ1n) is 7.06. The third kappa shape index (κ3) is 2.55. The number of carbonyl (C=O) groups excluding carboxylic acids is 1. The molecule has 0 N–H and O–H groups in total. The second kappa shape index (κ2) is 5.49. The van der Waals surface area contributed by atoms with E-state index in [-0.39, 0.29) is 17.9 Å².